The first kappa shape index (κ1) is 13.4. The minimum absolute atomic E-state index is 0.0486. The zero-order chi connectivity index (χ0) is 14.2. The van der Waals surface area contributed by atoms with Crippen LogP contribution in [0.4, 0.5) is 5.69 Å². The van der Waals surface area contributed by atoms with Gasteiger partial charge in [0.25, 0.3) is 0 Å². The summed E-state index contributed by atoms with van der Waals surface area (Å²) in [5.74, 6) is 0.0486. The summed E-state index contributed by atoms with van der Waals surface area (Å²) in [5.41, 5.74) is 1.40. The summed E-state index contributed by atoms with van der Waals surface area (Å²) >= 11 is 0. The van der Waals surface area contributed by atoms with Crippen molar-refractivity contribution < 1.29 is 14.6 Å². The van der Waals surface area contributed by atoms with Crippen molar-refractivity contribution >= 4 is 12.0 Å². The van der Waals surface area contributed by atoms with Crippen molar-refractivity contribution in [3.05, 3.63) is 23.8 Å². The molecule has 1 aromatic carbocycles. The molecule has 1 aliphatic heterocycles. The number of ether oxygens (including phenoxy) is 1. The highest BCUT2D eigenvalue weighted by atomic mass is 16.5. The maximum absolute atomic E-state index is 11.2. The van der Waals surface area contributed by atoms with E-state index in [2.05, 4.69) is 4.90 Å². The van der Waals surface area contributed by atoms with Gasteiger partial charge >= 0.3 is 0 Å². The highest BCUT2D eigenvalue weighted by Crippen LogP contribution is 2.48. The molecule has 0 unspecified atom stereocenters. The van der Waals surface area contributed by atoms with Gasteiger partial charge in [0, 0.05) is 25.6 Å². The number of phenolic OH excluding ortho intramolecular Hbond substituents is 1. The quantitative estimate of drug-likeness (QED) is 0.858. The third kappa shape index (κ3) is 2.08. The van der Waals surface area contributed by atoms with E-state index in [4.69, 9.17) is 4.74 Å². The van der Waals surface area contributed by atoms with E-state index in [1.165, 1.54) is 12.8 Å². The van der Waals surface area contributed by atoms with Crippen molar-refractivity contribution in [2.75, 3.05) is 25.1 Å². The van der Waals surface area contributed by atoms with Gasteiger partial charge in [0.15, 0.2) is 6.29 Å². The van der Waals surface area contributed by atoms with Crippen molar-refractivity contribution in [1.82, 2.24) is 0 Å². The molecule has 1 saturated heterocycles. The third-order valence-corrected chi connectivity index (χ3v) is 4.88. The minimum Gasteiger partial charge on any atom is -0.507 e. The fourth-order valence-corrected chi connectivity index (χ4v) is 3.87. The summed E-state index contributed by atoms with van der Waals surface area (Å²) in [6.07, 6.45) is 5.75. The van der Waals surface area contributed by atoms with Crippen LogP contribution in [0, 0.1) is 5.41 Å². The number of rotatable bonds is 4. The second-order valence-electron chi connectivity index (χ2n) is 6.05. The number of hydrogen-bond donors (Lipinski definition) is 1. The molecule has 3 rings (SSSR count). The van der Waals surface area contributed by atoms with Crippen LogP contribution in [0.25, 0.3) is 0 Å². The van der Waals surface area contributed by atoms with E-state index in [0.29, 0.717) is 11.7 Å². The van der Waals surface area contributed by atoms with Crippen LogP contribution < -0.4 is 4.90 Å². The number of hydrogen-bond acceptors (Lipinski definition) is 4. The molecule has 0 amide bonds. The number of carbonyl (C=O) groups is 1. The van der Waals surface area contributed by atoms with Crippen molar-refractivity contribution in [1.29, 1.82) is 0 Å². The monoisotopic (exact) mass is 275 g/mol. The summed E-state index contributed by atoms with van der Waals surface area (Å²) in [4.78, 5) is 13.3. The number of nitrogens with zero attached hydrogens (tertiary/aromatic N) is 1. The summed E-state index contributed by atoms with van der Waals surface area (Å²) in [5, 5.41) is 9.80. The zero-order valence-corrected chi connectivity index (χ0v) is 11.8. The Labute approximate surface area is 119 Å². The Hall–Kier alpha value is -1.55. The van der Waals surface area contributed by atoms with Crippen molar-refractivity contribution in [3.63, 3.8) is 0 Å². The Bertz CT molecular complexity index is 504. The van der Waals surface area contributed by atoms with Crippen molar-refractivity contribution in [2.24, 2.45) is 5.41 Å². The average molecular weight is 275 g/mol. The largest absolute Gasteiger partial charge is 0.507 e. The summed E-state index contributed by atoms with van der Waals surface area (Å²) in [7, 11) is 1.99. The Balaban J connectivity index is 1.85. The van der Waals surface area contributed by atoms with E-state index in [0.717, 1.165) is 38.0 Å². The van der Waals surface area contributed by atoms with Gasteiger partial charge in [0.05, 0.1) is 17.4 Å². The standard InChI is InChI=1S/C16H21NO3/c1-17(13-4-2-5-14(19)12(13)10-18)11-16-7-3-6-15(16)20-9-8-16/h2,4-5,10,15,19H,3,6-9,11H2,1H3/t15-,16-/m1/s1. The van der Waals surface area contributed by atoms with E-state index in [-0.39, 0.29) is 11.2 Å². The van der Waals surface area contributed by atoms with Crippen LogP contribution in [0.15, 0.2) is 18.2 Å². The molecule has 0 aromatic heterocycles. The normalized spacial score (nSPS) is 28.4. The molecule has 20 heavy (non-hydrogen) atoms. The van der Waals surface area contributed by atoms with Gasteiger partial charge in [-0.1, -0.05) is 12.5 Å². The van der Waals surface area contributed by atoms with E-state index in [9.17, 15) is 9.90 Å². The van der Waals surface area contributed by atoms with Gasteiger partial charge in [-0.05, 0) is 31.4 Å². The van der Waals surface area contributed by atoms with Crippen LogP contribution in [0.2, 0.25) is 0 Å². The topological polar surface area (TPSA) is 49.8 Å². The molecule has 108 valence electrons. The van der Waals surface area contributed by atoms with Gasteiger partial charge in [-0.3, -0.25) is 4.79 Å². The molecular weight excluding hydrogens is 254 g/mol. The second-order valence-corrected chi connectivity index (χ2v) is 6.05. The van der Waals surface area contributed by atoms with Crippen LogP contribution in [0.1, 0.15) is 36.0 Å². The number of aldehydes is 1. The number of phenols is 1. The first-order valence-corrected chi connectivity index (χ1v) is 7.26. The number of aromatic hydroxyl groups is 1. The van der Waals surface area contributed by atoms with Gasteiger partial charge in [-0.25, -0.2) is 0 Å². The van der Waals surface area contributed by atoms with Gasteiger partial charge < -0.3 is 14.7 Å². The van der Waals surface area contributed by atoms with Gasteiger partial charge in [-0.15, -0.1) is 0 Å². The molecule has 0 bridgehead atoms. The summed E-state index contributed by atoms with van der Waals surface area (Å²) in [6.45, 7) is 1.72. The molecule has 1 aromatic rings. The fraction of sp³-hybridized carbons (Fsp3) is 0.562. The predicted molar refractivity (Wildman–Crippen MR) is 77.4 cm³/mol. The van der Waals surface area contributed by atoms with Crippen LogP contribution in [-0.4, -0.2) is 37.7 Å². The van der Waals surface area contributed by atoms with Crippen molar-refractivity contribution in [2.45, 2.75) is 31.8 Å². The highest BCUT2D eigenvalue weighted by Gasteiger charge is 2.48. The molecule has 4 nitrogen and oxygen atoms in total. The van der Waals surface area contributed by atoms with Crippen molar-refractivity contribution in [3.8, 4) is 5.75 Å². The maximum Gasteiger partial charge on any atom is 0.155 e. The maximum atomic E-state index is 11.2. The van der Waals surface area contributed by atoms with E-state index in [1.807, 2.05) is 13.1 Å². The SMILES string of the molecule is CN(C[C@]12CCC[C@H]1OCC2)c1cccc(O)c1C=O. The summed E-state index contributed by atoms with van der Waals surface area (Å²) < 4.78 is 5.85. The van der Waals surface area contributed by atoms with E-state index < -0.39 is 0 Å². The van der Waals surface area contributed by atoms with E-state index in [1.54, 1.807) is 12.1 Å². The minimum atomic E-state index is 0.0486. The van der Waals surface area contributed by atoms with Crippen LogP contribution in [0.5, 0.6) is 5.75 Å². The lowest BCUT2D eigenvalue weighted by Crippen LogP contribution is -2.38. The molecule has 0 spiro atoms. The fourth-order valence-electron chi connectivity index (χ4n) is 3.87. The lowest BCUT2D eigenvalue weighted by Gasteiger charge is -2.34. The average Bonchev–Trinajstić information content (AvgIpc) is 2.97. The second kappa shape index (κ2) is 5.09. The lowest BCUT2D eigenvalue weighted by molar-refractivity contribution is 0.0730. The number of fused-ring (bicyclic) bond motifs is 1. The highest BCUT2D eigenvalue weighted by molar-refractivity contribution is 5.88. The molecule has 1 saturated carbocycles. The zero-order valence-electron chi connectivity index (χ0n) is 11.8. The molecule has 2 aliphatic rings. The molecule has 0 radical (unpaired) electrons. The van der Waals surface area contributed by atoms with Crippen LogP contribution in [0.3, 0.4) is 0 Å². The first-order valence-electron chi connectivity index (χ1n) is 7.26. The smallest absolute Gasteiger partial charge is 0.155 e. The van der Waals surface area contributed by atoms with Gasteiger partial charge in [0.2, 0.25) is 0 Å². The van der Waals surface area contributed by atoms with E-state index >= 15 is 0 Å². The Morgan fingerprint density at radius 1 is 1.50 bits per heavy atom. The number of benzene rings is 1. The molecule has 2 fully saturated rings. The molecule has 2 atom stereocenters. The summed E-state index contributed by atoms with van der Waals surface area (Å²) in [6, 6.07) is 5.22. The van der Waals surface area contributed by atoms with Gasteiger partial charge in [-0.2, -0.15) is 0 Å². The molecule has 1 heterocycles. The molecule has 1 aliphatic carbocycles. The number of anilines is 1. The lowest BCUT2D eigenvalue weighted by atomic mass is 9.82. The third-order valence-electron chi connectivity index (χ3n) is 4.88. The van der Waals surface area contributed by atoms with Crippen LogP contribution in [-0.2, 0) is 4.74 Å². The molecule has 1 N–H and O–H groups in total. The molecule has 4 heteroatoms. The van der Waals surface area contributed by atoms with Gasteiger partial charge in [0.1, 0.15) is 5.75 Å². The Morgan fingerprint density at radius 3 is 3.15 bits per heavy atom. The Kier molecular flexibility index (Phi) is 3.42. The Morgan fingerprint density at radius 2 is 2.35 bits per heavy atom. The molecular formula is C16H21NO3. The van der Waals surface area contributed by atoms with Crippen LogP contribution >= 0.6 is 0 Å². The predicted octanol–water partition coefficient (Wildman–Crippen LogP) is 2.60. The first-order chi connectivity index (χ1) is 9.66. The number of carbonyl (C=O) groups excluding carboxylic acids is 1.